The van der Waals surface area contributed by atoms with Gasteiger partial charge in [0.25, 0.3) is 11.8 Å². The quantitative estimate of drug-likeness (QED) is 0.769. The molecule has 0 aliphatic carbocycles. The standard InChI is InChI=1S/C19H17FN4O2/c1-21-18(25)16-14-3-2-8-22-17(14)24-10-9-23(11-15(16)24)19(26)12-4-6-13(20)7-5-12/h2-8H,9-11H2,1H3,(H,21,25). The lowest BCUT2D eigenvalue weighted by Gasteiger charge is -2.29. The van der Waals surface area contributed by atoms with Crippen molar-refractivity contribution < 1.29 is 14.0 Å². The van der Waals surface area contributed by atoms with Gasteiger partial charge in [0.05, 0.1) is 17.8 Å². The second-order valence-corrected chi connectivity index (χ2v) is 6.16. The Bertz CT molecular complexity index is 1010. The summed E-state index contributed by atoms with van der Waals surface area (Å²) in [5.41, 5.74) is 2.48. The van der Waals surface area contributed by atoms with Crippen molar-refractivity contribution in [3.05, 3.63) is 65.2 Å². The molecule has 3 aromatic rings. The van der Waals surface area contributed by atoms with E-state index in [4.69, 9.17) is 0 Å². The average molecular weight is 352 g/mol. The Kier molecular flexibility index (Phi) is 3.91. The minimum absolute atomic E-state index is 0.183. The van der Waals surface area contributed by atoms with Crippen LogP contribution in [0.4, 0.5) is 4.39 Å². The lowest BCUT2D eigenvalue weighted by Crippen LogP contribution is -2.39. The number of benzene rings is 1. The summed E-state index contributed by atoms with van der Waals surface area (Å²) in [6.07, 6.45) is 1.69. The van der Waals surface area contributed by atoms with Crippen LogP contribution in [0.25, 0.3) is 11.0 Å². The first-order valence-corrected chi connectivity index (χ1v) is 8.33. The summed E-state index contributed by atoms with van der Waals surface area (Å²) in [5.74, 6) is -0.765. The molecule has 0 unspecified atom stereocenters. The molecule has 1 aromatic carbocycles. The topological polar surface area (TPSA) is 67.2 Å². The minimum Gasteiger partial charge on any atom is -0.355 e. The van der Waals surface area contributed by atoms with Gasteiger partial charge in [0.15, 0.2) is 0 Å². The van der Waals surface area contributed by atoms with Crippen molar-refractivity contribution in [1.82, 2.24) is 19.8 Å². The van der Waals surface area contributed by atoms with Crippen LogP contribution >= 0.6 is 0 Å². The van der Waals surface area contributed by atoms with Gasteiger partial charge in [0.2, 0.25) is 0 Å². The third-order valence-corrected chi connectivity index (χ3v) is 4.69. The zero-order valence-electron chi connectivity index (χ0n) is 14.2. The molecule has 0 atom stereocenters. The molecule has 1 aliphatic rings. The number of pyridine rings is 1. The SMILES string of the molecule is CNC(=O)c1c2n(c3ncccc13)CCN(C(=O)c1ccc(F)cc1)C2. The average Bonchev–Trinajstić information content (AvgIpc) is 3.01. The van der Waals surface area contributed by atoms with Crippen LogP contribution in [0.15, 0.2) is 42.6 Å². The Hall–Kier alpha value is -3.22. The maximum Gasteiger partial charge on any atom is 0.254 e. The minimum atomic E-state index is -0.381. The molecule has 0 radical (unpaired) electrons. The second kappa shape index (κ2) is 6.25. The number of nitrogens with one attached hydrogen (secondary N) is 1. The van der Waals surface area contributed by atoms with Gasteiger partial charge in [-0.1, -0.05) is 0 Å². The second-order valence-electron chi connectivity index (χ2n) is 6.16. The molecule has 3 heterocycles. The van der Waals surface area contributed by atoms with Crippen LogP contribution in [0.1, 0.15) is 26.4 Å². The van der Waals surface area contributed by atoms with Gasteiger partial charge in [-0.3, -0.25) is 9.59 Å². The monoisotopic (exact) mass is 352 g/mol. The highest BCUT2D eigenvalue weighted by Gasteiger charge is 2.29. The molecule has 0 saturated heterocycles. The van der Waals surface area contributed by atoms with Gasteiger partial charge < -0.3 is 14.8 Å². The number of rotatable bonds is 2. The van der Waals surface area contributed by atoms with Gasteiger partial charge in [0, 0.05) is 37.3 Å². The van der Waals surface area contributed by atoms with E-state index in [1.165, 1.54) is 24.3 Å². The number of hydrogen-bond donors (Lipinski definition) is 1. The van der Waals surface area contributed by atoms with Gasteiger partial charge >= 0.3 is 0 Å². The van der Waals surface area contributed by atoms with Crippen molar-refractivity contribution in [3.63, 3.8) is 0 Å². The van der Waals surface area contributed by atoms with Crippen LogP contribution in [0.3, 0.4) is 0 Å². The summed E-state index contributed by atoms with van der Waals surface area (Å²) in [4.78, 5) is 31.3. The smallest absolute Gasteiger partial charge is 0.254 e. The largest absolute Gasteiger partial charge is 0.355 e. The summed E-state index contributed by atoms with van der Waals surface area (Å²) in [6, 6.07) is 9.15. The zero-order valence-corrected chi connectivity index (χ0v) is 14.2. The number of amides is 2. The number of hydrogen-bond acceptors (Lipinski definition) is 3. The van der Waals surface area contributed by atoms with Crippen molar-refractivity contribution in [1.29, 1.82) is 0 Å². The van der Waals surface area contributed by atoms with E-state index in [1.54, 1.807) is 24.2 Å². The highest BCUT2D eigenvalue weighted by atomic mass is 19.1. The number of carbonyl (C=O) groups excluding carboxylic acids is 2. The third kappa shape index (κ3) is 2.52. The predicted molar refractivity (Wildman–Crippen MR) is 94.3 cm³/mol. The van der Waals surface area contributed by atoms with Crippen molar-refractivity contribution in [2.24, 2.45) is 0 Å². The van der Waals surface area contributed by atoms with Crippen molar-refractivity contribution >= 4 is 22.8 Å². The van der Waals surface area contributed by atoms with E-state index in [0.717, 1.165) is 16.7 Å². The van der Waals surface area contributed by atoms with Crippen LogP contribution in [0, 0.1) is 5.82 Å². The molecule has 0 saturated carbocycles. The van der Waals surface area contributed by atoms with E-state index < -0.39 is 0 Å². The van der Waals surface area contributed by atoms with E-state index in [2.05, 4.69) is 10.3 Å². The van der Waals surface area contributed by atoms with Gasteiger partial charge in [0.1, 0.15) is 11.5 Å². The lowest BCUT2D eigenvalue weighted by molar-refractivity contribution is 0.0709. The Morgan fingerprint density at radius 2 is 1.92 bits per heavy atom. The fourth-order valence-electron chi connectivity index (χ4n) is 3.44. The maximum absolute atomic E-state index is 13.1. The fraction of sp³-hybridized carbons (Fsp3) is 0.211. The molecule has 132 valence electrons. The zero-order chi connectivity index (χ0) is 18.3. The number of nitrogens with zero attached hydrogens (tertiary/aromatic N) is 3. The Morgan fingerprint density at radius 3 is 2.65 bits per heavy atom. The first kappa shape index (κ1) is 16.3. The summed E-state index contributed by atoms with van der Waals surface area (Å²) < 4.78 is 15.1. The third-order valence-electron chi connectivity index (χ3n) is 4.69. The molecule has 0 fully saturated rings. The number of halogens is 1. The molecule has 4 rings (SSSR count). The van der Waals surface area contributed by atoms with Crippen molar-refractivity contribution in [3.8, 4) is 0 Å². The number of aromatic nitrogens is 2. The Balaban J connectivity index is 1.75. The molecule has 2 aromatic heterocycles. The number of carbonyl (C=O) groups is 2. The molecule has 26 heavy (non-hydrogen) atoms. The molecule has 7 heteroatoms. The van der Waals surface area contributed by atoms with Crippen LogP contribution in [0.2, 0.25) is 0 Å². The highest BCUT2D eigenvalue weighted by Crippen LogP contribution is 2.29. The Morgan fingerprint density at radius 1 is 1.15 bits per heavy atom. The van der Waals surface area contributed by atoms with E-state index in [-0.39, 0.29) is 17.6 Å². The molecular weight excluding hydrogens is 335 g/mol. The molecule has 2 amide bonds. The van der Waals surface area contributed by atoms with Crippen LogP contribution < -0.4 is 5.32 Å². The van der Waals surface area contributed by atoms with Gasteiger partial charge in [-0.2, -0.15) is 0 Å². The van der Waals surface area contributed by atoms with Crippen LogP contribution in [0.5, 0.6) is 0 Å². The fourth-order valence-corrected chi connectivity index (χ4v) is 3.44. The van der Waals surface area contributed by atoms with E-state index >= 15 is 0 Å². The predicted octanol–water partition coefficient (Wildman–Crippen LogP) is 2.19. The summed E-state index contributed by atoms with van der Waals surface area (Å²) in [7, 11) is 1.58. The van der Waals surface area contributed by atoms with Crippen LogP contribution in [-0.4, -0.2) is 39.9 Å². The van der Waals surface area contributed by atoms with Gasteiger partial charge in [-0.15, -0.1) is 0 Å². The number of fused-ring (bicyclic) bond motifs is 3. The lowest BCUT2D eigenvalue weighted by atomic mass is 10.1. The molecular formula is C19H17FN4O2. The summed E-state index contributed by atoms with van der Waals surface area (Å²) in [5, 5.41) is 3.44. The summed E-state index contributed by atoms with van der Waals surface area (Å²) >= 11 is 0. The van der Waals surface area contributed by atoms with Crippen molar-refractivity contribution in [2.75, 3.05) is 13.6 Å². The first-order valence-electron chi connectivity index (χ1n) is 8.33. The van der Waals surface area contributed by atoms with Crippen LogP contribution in [-0.2, 0) is 13.1 Å². The van der Waals surface area contributed by atoms with Gasteiger partial charge in [-0.05, 0) is 36.4 Å². The van der Waals surface area contributed by atoms with E-state index in [9.17, 15) is 14.0 Å². The summed E-state index contributed by atoms with van der Waals surface area (Å²) in [6.45, 7) is 1.35. The van der Waals surface area contributed by atoms with Gasteiger partial charge in [-0.25, -0.2) is 9.37 Å². The van der Waals surface area contributed by atoms with E-state index in [0.29, 0.717) is 30.8 Å². The molecule has 1 aliphatic heterocycles. The highest BCUT2D eigenvalue weighted by molar-refractivity contribution is 6.07. The molecule has 6 nitrogen and oxygen atoms in total. The Labute approximate surface area is 149 Å². The first-order chi connectivity index (χ1) is 12.6. The van der Waals surface area contributed by atoms with Crippen molar-refractivity contribution in [2.45, 2.75) is 13.1 Å². The maximum atomic E-state index is 13.1. The molecule has 0 bridgehead atoms. The molecule has 1 N–H and O–H groups in total. The van der Waals surface area contributed by atoms with E-state index in [1.807, 2.05) is 10.6 Å². The molecule has 0 spiro atoms. The normalized spacial score (nSPS) is 13.5.